The molecule has 0 saturated carbocycles. The first kappa shape index (κ1) is 17.0. The highest BCUT2D eigenvalue weighted by molar-refractivity contribution is 6.04. The Balaban J connectivity index is 1.65. The van der Waals surface area contributed by atoms with Gasteiger partial charge in [-0.3, -0.25) is 14.6 Å². The Morgan fingerprint density at radius 1 is 1.08 bits per heavy atom. The summed E-state index contributed by atoms with van der Waals surface area (Å²) in [6.45, 7) is 0.190. The van der Waals surface area contributed by atoms with E-state index in [9.17, 15) is 9.59 Å². The van der Waals surface area contributed by atoms with Crippen LogP contribution in [-0.2, 0) is 6.61 Å². The summed E-state index contributed by atoms with van der Waals surface area (Å²) in [5.41, 5.74) is 7.37. The number of pyridine rings is 1. The lowest BCUT2D eigenvalue weighted by Gasteiger charge is -2.09. The molecule has 0 aliphatic carbocycles. The molecule has 8 nitrogen and oxygen atoms in total. The van der Waals surface area contributed by atoms with Crippen LogP contribution in [-0.4, -0.2) is 27.0 Å². The van der Waals surface area contributed by atoms with E-state index in [1.165, 1.54) is 12.3 Å². The SMILES string of the molecule is NC(=O)c1cnnc(OCc2cccc(NC(=O)c3ccncc3)c2)c1. The molecule has 0 spiro atoms. The molecule has 0 radical (unpaired) electrons. The fourth-order valence-electron chi connectivity index (χ4n) is 2.16. The molecule has 3 rings (SSSR count). The van der Waals surface area contributed by atoms with E-state index in [0.29, 0.717) is 11.3 Å². The Morgan fingerprint density at radius 3 is 2.65 bits per heavy atom. The molecule has 8 heteroatoms. The number of amides is 2. The number of anilines is 1. The second-order valence-corrected chi connectivity index (χ2v) is 5.33. The lowest BCUT2D eigenvalue weighted by Crippen LogP contribution is -2.12. The van der Waals surface area contributed by atoms with E-state index in [-0.39, 0.29) is 24.0 Å². The highest BCUT2D eigenvalue weighted by Crippen LogP contribution is 2.15. The van der Waals surface area contributed by atoms with E-state index in [0.717, 1.165) is 5.56 Å². The van der Waals surface area contributed by atoms with Crippen molar-refractivity contribution in [2.45, 2.75) is 6.61 Å². The standard InChI is InChI=1S/C18H15N5O3/c19-17(24)14-9-16(23-21-10-14)26-11-12-2-1-3-15(8-12)22-18(25)13-4-6-20-7-5-13/h1-10H,11H2,(H2,19,24)(H,22,25). The van der Waals surface area contributed by atoms with Crippen LogP contribution < -0.4 is 15.8 Å². The molecule has 3 N–H and O–H groups in total. The maximum Gasteiger partial charge on any atom is 0.255 e. The predicted molar refractivity (Wildman–Crippen MR) is 93.5 cm³/mol. The van der Waals surface area contributed by atoms with Gasteiger partial charge in [-0.1, -0.05) is 12.1 Å². The number of benzene rings is 1. The monoisotopic (exact) mass is 349 g/mol. The molecule has 0 aliphatic rings. The first-order chi connectivity index (χ1) is 12.6. The topological polar surface area (TPSA) is 120 Å². The minimum atomic E-state index is -0.606. The molecule has 0 fully saturated rings. The number of hydrogen-bond donors (Lipinski definition) is 2. The molecule has 130 valence electrons. The van der Waals surface area contributed by atoms with Gasteiger partial charge in [0.25, 0.3) is 11.8 Å². The van der Waals surface area contributed by atoms with Crippen LogP contribution in [0.3, 0.4) is 0 Å². The Labute approximate surface area is 149 Å². The first-order valence-electron chi connectivity index (χ1n) is 7.67. The number of nitrogens with one attached hydrogen (secondary N) is 1. The summed E-state index contributed by atoms with van der Waals surface area (Å²) in [6, 6.07) is 11.9. The smallest absolute Gasteiger partial charge is 0.255 e. The molecule has 0 saturated heterocycles. The van der Waals surface area contributed by atoms with Crippen LogP contribution >= 0.6 is 0 Å². The summed E-state index contributed by atoms with van der Waals surface area (Å²) < 4.78 is 5.53. The van der Waals surface area contributed by atoms with E-state index in [1.54, 1.807) is 42.7 Å². The van der Waals surface area contributed by atoms with Gasteiger partial charge in [-0.05, 0) is 29.8 Å². The van der Waals surface area contributed by atoms with Crippen molar-refractivity contribution in [2.75, 3.05) is 5.32 Å². The van der Waals surface area contributed by atoms with Crippen LogP contribution in [0.25, 0.3) is 0 Å². The van der Waals surface area contributed by atoms with E-state index < -0.39 is 5.91 Å². The van der Waals surface area contributed by atoms with Crippen molar-refractivity contribution in [1.29, 1.82) is 0 Å². The van der Waals surface area contributed by atoms with Crippen molar-refractivity contribution < 1.29 is 14.3 Å². The molecule has 2 heterocycles. The van der Waals surface area contributed by atoms with Gasteiger partial charge < -0.3 is 15.8 Å². The van der Waals surface area contributed by atoms with Crippen LogP contribution in [0.15, 0.2) is 61.1 Å². The Kier molecular flexibility index (Phi) is 5.14. The molecule has 2 aromatic heterocycles. The van der Waals surface area contributed by atoms with Crippen LogP contribution in [0, 0.1) is 0 Å². The van der Waals surface area contributed by atoms with Gasteiger partial charge in [0.05, 0.1) is 11.8 Å². The van der Waals surface area contributed by atoms with Gasteiger partial charge in [0.15, 0.2) is 0 Å². The van der Waals surface area contributed by atoms with Gasteiger partial charge in [-0.15, -0.1) is 5.10 Å². The number of carbonyl (C=O) groups excluding carboxylic acids is 2. The van der Waals surface area contributed by atoms with Crippen LogP contribution in [0.1, 0.15) is 26.3 Å². The van der Waals surface area contributed by atoms with Crippen molar-refractivity contribution >= 4 is 17.5 Å². The largest absolute Gasteiger partial charge is 0.472 e. The van der Waals surface area contributed by atoms with Crippen LogP contribution in [0.4, 0.5) is 5.69 Å². The third-order valence-corrected chi connectivity index (χ3v) is 3.43. The van der Waals surface area contributed by atoms with Crippen LogP contribution in [0.2, 0.25) is 0 Å². The van der Waals surface area contributed by atoms with Gasteiger partial charge >= 0.3 is 0 Å². The van der Waals surface area contributed by atoms with Crippen molar-refractivity contribution in [3.63, 3.8) is 0 Å². The van der Waals surface area contributed by atoms with E-state index in [1.807, 2.05) is 6.07 Å². The maximum atomic E-state index is 12.2. The molecule has 2 amide bonds. The molecule has 26 heavy (non-hydrogen) atoms. The van der Waals surface area contributed by atoms with Gasteiger partial charge in [-0.25, -0.2) is 0 Å². The van der Waals surface area contributed by atoms with Crippen molar-refractivity contribution in [3.05, 3.63) is 77.7 Å². The molecular weight excluding hydrogens is 334 g/mol. The number of aromatic nitrogens is 3. The average Bonchev–Trinajstić information content (AvgIpc) is 2.67. The number of nitrogens with two attached hydrogens (primary N) is 1. The highest BCUT2D eigenvalue weighted by atomic mass is 16.5. The van der Waals surface area contributed by atoms with E-state index in [2.05, 4.69) is 20.5 Å². The molecule has 0 bridgehead atoms. The molecule has 3 aromatic rings. The molecular formula is C18H15N5O3. The maximum absolute atomic E-state index is 12.2. The number of hydrogen-bond acceptors (Lipinski definition) is 6. The summed E-state index contributed by atoms with van der Waals surface area (Å²) in [5.74, 6) is -0.649. The Bertz CT molecular complexity index is 931. The van der Waals surface area contributed by atoms with E-state index >= 15 is 0 Å². The lowest BCUT2D eigenvalue weighted by atomic mass is 10.2. The van der Waals surface area contributed by atoms with Gasteiger partial charge in [0.2, 0.25) is 5.88 Å². The van der Waals surface area contributed by atoms with Gasteiger partial charge in [0.1, 0.15) is 6.61 Å². The Morgan fingerprint density at radius 2 is 1.88 bits per heavy atom. The first-order valence-corrected chi connectivity index (χ1v) is 7.67. The number of nitrogens with zero attached hydrogens (tertiary/aromatic N) is 3. The summed E-state index contributed by atoms with van der Waals surface area (Å²) in [7, 11) is 0. The van der Waals surface area contributed by atoms with Crippen LogP contribution in [0.5, 0.6) is 5.88 Å². The fourth-order valence-corrected chi connectivity index (χ4v) is 2.16. The zero-order chi connectivity index (χ0) is 18.4. The van der Waals surface area contributed by atoms with Gasteiger partial charge in [-0.2, -0.15) is 5.10 Å². The average molecular weight is 349 g/mol. The molecule has 0 atom stereocenters. The number of carbonyl (C=O) groups is 2. The predicted octanol–water partition coefficient (Wildman–Crippen LogP) is 1.80. The minimum absolute atomic E-state index is 0.188. The molecule has 0 unspecified atom stereocenters. The highest BCUT2D eigenvalue weighted by Gasteiger charge is 2.07. The van der Waals surface area contributed by atoms with E-state index in [4.69, 9.17) is 10.5 Å². The summed E-state index contributed by atoms with van der Waals surface area (Å²) >= 11 is 0. The third-order valence-electron chi connectivity index (χ3n) is 3.43. The second kappa shape index (κ2) is 7.84. The molecule has 0 aliphatic heterocycles. The van der Waals surface area contributed by atoms with Crippen molar-refractivity contribution in [2.24, 2.45) is 5.73 Å². The normalized spacial score (nSPS) is 10.2. The minimum Gasteiger partial charge on any atom is -0.472 e. The second-order valence-electron chi connectivity index (χ2n) is 5.33. The fraction of sp³-hybridized carbons (Fsp3) is 0.0556. The third kappa shape index (κ3) is 4.38. The zero-order valence-electron chi connectivity index (χ0n) is 13.6. The molecule has 1 aromatic carbocycles. The van der Waals surface area contributed by atoms with Crippen molar-refractivity contribution in [1.82, 2.24) is 15.2 Å². The number of ether oxygens (including phenoxy) is 1. The van der Waals surface area contributed by atoms with Gasteiger partial charge in [0, 0.05) is 29.7 Å². The Hall–Kier alpha value is -3.81. The zero-order valence-corrected chi connectivity index (χ0v) is 13.6. The quantitative estimate of drug-likeness (QED) is 0.700. The number of rotatable bonds is 6. The summed E-state index contributed by atoms with van der Waals surface area (Å²) in [6.07, 6.45) is 4.38. The van der Waals surface area contributed by atoms with Crippen molar-refractivity contribution in [3.8, 4) is 5.88 Å². The summed E-state index contributed by atoms with van der Waals surface area (Å²) in [4.78, 5) is 27.2. The summed E-state index contributed by atoms with van der Waals surface area (Å²) in [5, 5.41) is 10.3. The number of primary amides is 1. The lowest BCUT2D eigenvalue weighted by molar-refractivity contribution is 0.0996.